The zero-order valence-electron chi connectivity index (χ0n) is 10.5. The van der Waals surface area contributed by atoms with E-state index >= 15 is 0 Å². The van der Waals surface area contributed by atoms with E-state index in [1.807, 2.05) is 35.6 Å². The van der Waals surface area contributed by atoms with Gasteiger partial charge in [-0.3, -0.25) is 9.48 Å². The van der Waals surface area contributed by atoms with E-state index in [0.717, 1.165) is 18.0 Å². The molecular formula is C13H15N3O2. The van der Waals surface area contributed by atoms with Crippen LogP contribution in [-0.4, -0.2) is 27.1 Å². The number of rotatable bonds is 1. The Morgan fingerprint density at radius 1 is 1.39 bits per heavy atom. The maximum absolute atomic E-state index is 12.4. The van der Waals surface area contributed by atoms with Gasteiger partial charge in [0.2, 0.25) is 0 Å². The topological polar surface area (TPSA) is 51.3 Å². The molecule has 0 N–H and O–H groups in total. The zero-order chi connectivity index (χ0) is 12.7. The van der Waals surface area contributed by atoms with E-state index in [-0.39, 0.29) is 5.91 Å². The van der Waals surface area contributed by atoms with Crippen molar-refractivity contribution in [3.63, 3.8) is 0 Å². The average molecular weight is 245 g/mol. The molecule has 0 unspecified atom stereocenters. The largest absolute Gasteiger partial charge is 0.466 e. The molecule has 5 heteroatoms. The van der Waals surface area contributed by atoms with Crippen LogP contribution in [0.4, 0.5) is 0 Å². The lowest BCUT2D eigenvalue weighted by Crippen LogP contribution is -2.38. The van der Waals surface area contributed by atoms with E-state index in [4.69, 9.17) is 4.42 Å². The van der Waals surface area contributed by atoms with Gasteiger partial charge in [0.15, 0.2) is 0 Å². The summed E-state index contributed by atoms with van der Waals surface area (Å²) in [5.41, 5.74) is 1.74. The zero-order valence-corrected chi connectivity index (χ0v) is 10.5. The fourth-order valence-electron chi connectivity index (χ4n) is 2.37. The van der Waals surface area contributed by atoms with Crippen molar-refractivity contribution >= 4 is 5.91 Å². The summed E-state index contributed by atoms with van der Waals surface area (Å²) in [5.74, 6) is 1.51. The van der Waals surface area contributed by atoms with Gasteiger partial charge in [-0.1, -0.05) is 0 Å². The number of amides is 1. The van der Waals surface area contributed by atoms with E-state index in [1.165, 1.54) is 0 Å². The summed E-state index contributed by atoms with van der Waals surface area (Å²) in [6.45, 7) is 5.74. The van der Waals surface area contributed by atoms with E-state index in [0.29, 0.717) is 24.4 Å². The number of carbonyl (C=O) groups is 1. The molecule has 0 fully saturated rings. The summed E-state index contributed by atoms with van der Waals surface area (Å²) < 4.78 is 7.36. The first-order chi connectivity index (χ1) is 8.65. The van der Waals surface area contributed by atoms with Crippen LogP contribution in [0.5, 0.6) is 0 Å². The first kappa shape index (κ1) is 11.1. The molecule has 1 aliphatic rings. The number of hydrogen-bond acceptors (Lipinski definition) is 3. The molecule has 0 atom stereocenters. The molecule has 2 aromatic rings. The summed E-state index contributed by atoms with van der Waals surface area (Å²) >= 11 is 0. The van der Waals surface area contributed by atoms with Gasteiger partial charge >= 0.3 is 0 Å². The third-order valence-electron chi connectivity index (χ3n) is 3.30. The van der Waals surface area contributed by atoms with Crippen molar-refractivity contribution < 1.29 is 9.21 Å². The van der Waals surface area contributed by atoms with E-state index in [2.05, 4.69) is 5.10 Å². The SMILES string of the molecule is Cc1cc(C(=O)N2CCn3nccc3C2)c(C)o1. The fourth-order valence-corrected chi connectivity index (χ4v) is 2.37. The summed E-state index contributed by atoms with van der Waals surface area (Å²) in [4.78, 5) is 14.2. The highest BCUT2D eigenvalue weighted by Crippen LogP contribution is 2.19. The van der Waals surface area contributed by atoms with Crippen LogP contribution in [0.1, 0.15) is 27.6 Å². The second-order valence-electron chi connectivity index (χ2n) is 4.60. The minimum absolute atomic E-state index is 0.0387. The minimum atomic E-state index is 0.0387. The van der Waals surface area contributed by atoms with Crippen molar-refractivity contribution in [2.45, 2.75) is 26.9 Å². The lowest BCUT2D eigenvalue weighted by atomic mass is 10.2. The number of aromatic nitrogens is 2. The van der Waals surface area contributed by atoms with Crippen LogP contribution in [-0.2, 0) is 13.1 Å². The number of carbonyl (C=O) groups excluding carboxylic acids is 1. The van der Waals surface area contributed by atoms with Gasteiger partial charge in [0.1, 0.15) is 11.5 Å². The molecule has 18 heavy (non-hydrogen) atoms. The Balaban J connectivity index is 1.85. The molecule has 3 heterocycles. The molecule has 94 valence electrons. The van der Waals surface area contributed by atoms with Crippen LogP contribution >= 0.6 is 0 Å². The molecule has 1 amide bonds. The monoisotopic (exact) mass is 245 g/mol. The van der Waals surface area contributed by atoms with E-state index in [1.54, 1.807) is 6.20 Å². The summed E-state index contributed by atoms with van der Waals surface area (Å²) in [5, 5.41) is 4.21. The highest BCUT2D eigenvalue weighted by atomic mass is 16.3. The molecule has 0 radical (unpaired) electrons. The van der Waals surface area contributed by atoms with Crippen molar-refractivity contribution in [3.8, 4) is 0 Å². The Kier molecular flexibility index (Phi) is 2.47. The Hall–Kier alpha value is -2.04. The fraction of sp³-hybridized carbons (Fsp3) is 0.385. The minimum Gasteiger partial charge on any atom is -0.466 e. The van der Waals surface area contributed by atoms with Crippen LogP contribution in [0.25, 0.3) is 0 Å². The maximum Gasteiger partial charge on any atom is 0.257 e. The standard InChI is InChI=1S/C13H15N3O2/c1-9-7-12(10(2)18-9)13(17)15-5-6-16-11(8-15)3-4-14-16/h3-4,7H,5-6,8H2,1-2H3. The van der Waals surface area contributed by atoms with Gasteiger partial charge < -0.3 is 9.32 Å². The first-order valence-corrected chi connectivity index (χ1v) is 6.02. The number of furan rings is 1. The molecule has 0 bridgehead atoms. The van der Waals surface area contributed by atoms with Gasteiger partial charge in [-0.05, 0) is 26.0 Å². The molecule has 2 aromatic heterocycles. The number of fused-ring (bicyclic) bond motifs is 1. The van der Waals surface area contributed by atoms with Crippen molar-refractivity contribution in [1.82, 2.24) is 14.7 Å². The number of nitrogens with zero attached hydrogens (tertiary/aromatic N) is 3. The molecule has 0 aromatic carbocycles. The normalized spacial score (nSPS) is 14.7. The van der Waals surface area contributed by atoms with E-state index < -0.39 is 0 Å². The summed E-state index contributed by atoms with van der Waals surface area (Å²) in [7, 11) is 0. The van der Waals surface area contributed by atoms with Gasteiger partial charge in [0.05, 0.1) is 24.3 Å². The molecule has 3 rings (SSSR count). The third kappa shape index (κ3) is 1.72. The average Bonchev–Trinajstić information content (AvgIpc) is 2.93. The van der Waals surface area contributed by atoms with Crippen molar-refractivity contribution in [2.24, 2.45) is 0 Å². The van der Waals surface area contributed by atoms with Crippen LogP contribution in [0, 0.1) is 13.8 Å². The molecule has 0 saturated carbocycles. The lowest BCUT2D eigenvalue weighted by Gasteiger charge is -2.27. The Bertz CT molecular complexity index is 597. The molecule has 1 aliphatic heterocycles. The van der Waals surface area contributed by atoms with Crippen molar-refractivity contribution in [3.05, 3.63) is 41.1 Å². The van der Waals surface area contributed by atoms with Crippen molar-refractivity contribution in [1.29, 1.82) is 0 Å². The third-order valence-corrected chi connectivity index (χ3v) is 3.30. The van der Waals surface area contributed by atoms with Gasteiger partial charge in [-0.25, -0.2) is 0 Å². The molecule has 0 saturated heterocycles. The lowest BCUT2D eigenvalue weighted by molar-refractivity contribution is 0.0704. The van der Waals surface area contributed by atoms with E-state index in [9.17, 15) is 4.79 Å². The molecule has 5 nitrogen and oxygen atoms in total. The summed E-state index contributed by atoms with van der Waals surface area (Å²) in [6.07, 6.45) is 1.77. The number of aryl methyl sites for hydroxylation is 2. The molecule has 0 aliphatic carbocycles. The van der Waals surface area contributed by atoms with Crippen LogP contribution in [0.2, 0.25) is 0 Å². The van der Waals surface area contributed by atoms with Crippen LogP contribution in [0.3, 0.4) is 0 Å². The quantitative estimate of drug-likeness (QED) is 0.769. The first-order valence-electron chi connectivity index (χ1n) is 6.02. The van der Waals surface area contributed by atoms with Crippen LogP contribution in [0.15, 0.2) is 22.7 Å². The smallest absolute Gasteiger partial charge is 0.257 e. The van der Waals surface area contributed by atoms with Gasteiger partial charge in [0, 0.05) is 12.7 Å². The highest BCUT2D eigenvalue weighted by molar-refractivity contribution is 5.95. The molecular weight excluding hydrogens is 230 g/mol. The predicted octanol–water partition coefficient (Wildman–Crippen LogP) is 1.75. The maximum atomic E-state index is 12.4. The molecule has 0 spiro atoms. The second kappa shape index (κ2) is 4.01. The summed E-state index contributed by atoms with van der Waals surface area (Å²) in [6, 6.07) is 3.76. The van der Waals surface area contributed by atoms with Gasteiger partial charge in [0.25, 0.3) is 5.91 Å². The Morgan fingerprint density at radius 2 is 2.22 bits per heavy atom. The van der Waals surface area contributed by atoms with Crippen LogP contribution < -0.4 is 0 Å². The van der Waals surface area contributed by atoms with Crippen molar-refractivity contribution in [2.75, 3.05) is 6.54 Å². The van der Waals surface area contributed by atoms with Gasteiger partial charge in [-0.15, -0.1) is 0 Å². The van der Waals surface area contributed by atoms with Gasteiger partial charge in [-0.2, -0.15) is 5.10 Å². The Morgan fingerprint density at radius 3 is 2.94 bits per heavy atom. The second-order valence-corrected chi connectivity index (χ2v) is 4.60. The number of hydrogen-bond donors (Lipinski definition) is 0. The predicted molar refractivity (Wildman–Crippen MR) is 65.1 cm³/mol. The Labute approximate surface area is 105 Å². The highest BCUT2D eigenvalue weighted by Gasteiger charge is 2.24.